The van der Waals surface area contributed by atoms with Gasteiger partial charge in [0.25, 0.3) is 0 Å². The summed E-state index contributed by atoms with van der Waals surface area (Å²) in [5.41, 5.74) is -0.325. The number of carboxylic acid groups (broad SMARTS) is 1. The average Bonchev–Trinajstić information content (AvgIpc) is 2.56. The Morgan fingerprint density at radius 3 is 2.10 bits per heavy atom. The van der Waals surface area contributed by atoms with E-state index in [-0.39, 0.29) is 12.2 Å². The van der Waals surface area contributed by atoms with Crippen molar-refractivity contribution in [3.05, 3.63) is 28.7 Å². The van der Waals surface area contributed by atoms with Crippen LogP contribution in [0.5, 0.6) is 0 Å². The number of aliphatic carboxylic acids is 1. The highest BCUT2D eigenvalue weighted by atomic mass is 79.9. The second kappa shape index (κ2) is 10.1. The normalized spacial score (nSPS) is 13.8. The molecule has 29 heavy (non-hydrogen) atoms. The summed E-state index contributed by atoms with van der Waals surface area (Å²) in [6, 6.07) is 3.53. The number of urea groups is 1. The third-order valence-corrected chi connectivity index (χ3v) is 5.41. The van der Waals surface area contributed by atoms with Crippen LogP contribution in [-0.4, -0.2) is 55.5 Å². The summed E-state index contributed by atoms with van der Waals surface area (Å²) in [7, 11) is -3.40. The van der Waals surface area contributed by atoms with E-state index in [1.165, 1.54) is 0 Å². The summed E-state index contributed by atoms with van der Waals surface area (Å²) in [6.07, 6.45) is 0.813. The number of amides is 3. The van der Waals surface area contributed by atoms with Crippen LogP contribution in [0.25, 0.3) is 0 Å². The van der Waals surface area contributed by atoms with Crippen LogP contribution in [0, 0.1) is 5.41 Å². The molecule has 1 rings (SSSR count). The van der Waals surface area contributed by atoms with Crippen LogP contribution >= 0.6 is 15.9 Å². The molecule has 0 saturated carbocycles. The minimum absolute atomic E-state index is 0.199. The van der Waals surface area contributed by atoms with Crippen LogP contribution in [0.2, 0.25) is 0 Å². The first-order valence-corrected chi connectivity index (χ1v) is 11.6. The first-order valence-electron chi connectivity index (χ1n) is 8.73. The molecule has 0 aliphatic carbocycles. The molecule has 0 aliphatic rings. The van der Waals surface area contributed by atoms with Crippen molar-refractivity contribution < 1.29 is 27.9 Å². The van der Waals surface area contributed by atoms with E-state index in [4.69, 9.17) is 0 Å². The zero-order chi connectivity index (χ0) is 22.4. The molecule has 4 N–H and O–H groups in total. The standard InChI is InChI=1S/C18H26BrN3O6S/c1-18(2,3)14(16(24)25)22-15(23)13(9-10-29(4,27)28)21-17(26)20-12-7-5-11(19)6-8-12/h5-8,13-14H,9-10H2,1-4H3,(H,22,23)(H,24,25)(H2,20,21,26)/t13-,14?/m0/s1. The van der Waals surface area contributed by atoms with Gasteiger partial charge in [0.15, 0.2) is 0 Å². The molecule has 1 aromatic carbocycles. The van der Waals surface area contributed by atoms with E-state index < -0.39 is 45.2 Å². The van der Waals surface area contributed by atoms with E-state index >= 15 is 0 Å². The Bertz CT molecular complexity index is 849. The predicted molar refractivity (Wildman–Crippen MR) is 113 cm³/mol. The van der Waals surface area contributed by atoms with E-state index in [9.17, 15) is 27.9 Å². The summed E-state index contributed by atoms with van der Waals surface area (Å²) in [5.74, 6) is -2.36. The smallest absolute Gasteiger partial charge is 0.326 e. The quantitative estimate of drug-likeness (QED) is 0.437. The lowest BCUT2D eigenvalue weighted by Gasteiger charge is -2.29. The van der Waals surface area contributed by atoms with Crippen molar-refractivity contribution in [2.24, 2.45) is 5.41 Å². The molecule has 0 aromatic heterocycles. The zero-order valence-corrected chi connectivity index (χ0v) is 19.1. The second-order valence-corrected chi connectivity index (χ2v) is 10.9. The number of anilines is 1. The van der Waals surface area contributed by atoms with Gasteiger partial charge in [-0.1, -0.05) is 36.7 Å². The fourth-order valence-corrected chi connectivity index (χ4v) is 3.28. The Kier molecular flexibility index (Phi) is 8.64. The number of hydrogen-bond acceptors (Lipinski definition) is 5. The van der Waals surface area contributed by atoms with Crippen LogP contribution in [0.1, 0.15) is 27.2 Å². The van der Waals surface area contributed by atoms with E-state index in [2.05, 4.69) is 31.9 Å². The summed E-state index contributed by atoms with van der Waals surface area (Å²) in [5, 5.41) is 16.7. The molecule has 0 fully saturated rings. The van der Waals surface area contributed by atoms with Crippen molar-refractivity contribution in [1.82, 2.24) is 10.6 Å². The van der Waals surface area contributed by atoms with E-state index in [1.807, 2.05) is 0 Å². The summed E-state index contributed by atoms with van der Waals surface area (Å²) >= 11 is 3.27. The minimum Gasteiger partial charge on any atom is -0.480 e. The highest BCUT2D eigenvalue weighted by molar-refractivity contribution is 9.10. The predicted octanol–water partition coefficient (Wildman–Crippen LogP) is 1.99. The number of rotatable bonds is 8. The van der Waals surface area contributed by atoms with Gasteiger partial charge in [0.2, 0.25) is 5.91 Å². The van der Waals surface area contributed by atoms with Crippen LogP contribution in [0.3, 0.4) is 0 Å². The average molecular weight is 492 g/mol. The van der Waals surface area contributed by atoms with E-state index in [0.29, 0.717) is 5.69 Å². The fraction of sp³-hybridized carbons (Fsp3) is 0.500. The third-order valence-electron chi connectivity index (χ3n) is 3.90. The first kappa shape index (κ1) is 24.9. The molecule has 0 radical (unpaired) electrons. The molecule has 0 spiro atoms. The summed E-state index contributed by atoms with van der Waals surface area (Å²) < 4.78 is 23.8. The van der Waals surface area contributed by atoms with Crippen LogP contribution in [-0.2, 0) is 19.4 Å². The number of benzene rings is 1. The summed E-state index contributed by atoms with van der Waals surface area (Å²) in [4.78, 5) is 36.4. The van der Waals surface area contributed by atoms with Gasteiger partial charge in [-0.15, -0.1) is 0 Å². The van der Waals surface area contributed by atoms with Crippen molar-refractivity contribution in [3.63, 3.8) is 0 Å². The van der Waals surface area contributed by atoms with E-state index in [0.717, 1.165) is 10.7 Å². The third kappa shape index (κ3) is 9.27. The Balaban J connectivity index is 2.93. The van der Waals surface area contributed by atoms with E-state index in [1.54, 1.807) is 45.0 Å². The molecular weight excluding hydrogens is 466 g/mol. The van der Waals surface area contributed by atoms with Gasteiger partial charge < -0.3 is 21.1 Å². The first-order chi connectivity index (χ1) is 13.2. The molecule has 1 unspecified atom stereocenters. The van der Waals surface area contributed by atoms with Gasteiger partial charge in [-0.05, 0) is 36.1 Å². The number of carbonyl (C=O) groups is 3. The molecule has 0 heterocycles. The lowest BCUT2D eigenvalue weighted by molar-refractivity contribution is -0.145. The number of sulfone groups is 1. The molecule has 3 amide bonds. The maximum atomic E-state index is 12.6. The van der Waals surface area contributed by atoms with Crippen LogP contribution in [0.4, 0.5) is 10.5 Å². The van der Waals surface area contributed by atoms with Gasteiger partial charge in [0.05, 0.1) is 5.75 Å². The number of carboxylic acids is 1. The van der Waals surface area contributed by atoms with Gasteiger partial charge in [-0.25, -0.2) is 18.0 Å². The Morgan fingerprint density at radius 1 is 1.10 bits per heavy atom. The molecule has 11 heteroatoms. The molecular formula is C18H26BrN3O6S. The highest BCUT2D eigenvalue weighted by Gasteiger charge is 2.35. The van der Waals surface area contributed by atoms with Crippen LogP contribution in [0.15, 0.2) is 28.7 Å². The minimum atomic E-state index is -3.40. The molecule has 2 atom stereocenters. The molecule has 9 nitrogen and oxygen atoms in total. The van der Waals surface area contributed by atoms with Crippen molar-refractivity contribution in [2.75, 3.05) is 17.3 Å². The highest BCUT2D eigenvalue weighted by Crippen LogP contribution is 2.20. The monoisotopic (exact) mass is 491 g/mol. The van der Waals surface area contributed by atoms with Crippen molar-refractivity contribution in [2.45, 2.75) is 39.3 Å². The molecule has 162 valence electrons. The largest absolute Gasteiger partial charge is 0.480 e. The zero-order valence-electron chi connectivity index (χ0n) is 16.7. The van der Waals surface area contributed by atoms with Crippen molar-refractivity contribution in [1.29, 1.82) is 0 Å². The lowest BCUT2D eigenvalue weighted by Crippen LogP contribution is -2.56. The topological polar surface area (TPSA) is 142 Å². The SMILES string of the molecule is CC(C)(C)C(NC(=O)[C@H](CCS(C)(=O)=O)NC(=O)Nc1ccc(Br)cc1)C(=O)O. The Labute approximate surface area is 178 Å². The number of halogens is 1. The molecule has 0 aliphatic heterocycles. The van der Waals surface area contributed by atoms with Crippen LogP contribution < -0.4 is 16.0 Å². The summed E-state index contributed by atoms with van der Waals surface area (Å²) in [6.45, 7) is 4.93. The van der Waals surface area contributed by atoms with Crippen molar-refractivity contribution in [3.8, 4) is 0 Å². The Morgan fingerprint density at radius 2 is 1.66 bits per heavy atom. The maximum Gasteiger partial charge on any atom is 0.326 e. The van der Waals surface area contributed by atoms with Gasteiger partial charge in [0.1, 0.15) is 21.9 Å². The number of hydrogen-bond donors (Lipinski definition) is 4. The van der Waals surface area contributed by atoms with Gasteiger partial charge in [0, 0.05) is 16.4 Å². The van der Waals surface area contributed by atoms with Gasteiger partial charge in [-0.2, -0.15) is 0 Å². The number of nitrogens with one attached hydrogen (secondary N) is 3. The van der Waals surface area contributed by atoms with Crippen molar-refractivity contribution >= 4 is 49.4 Å². The Hall–Kier alpha value is -2.14. The number of carbonyl (C=O) groups excluding carboxylic acids is 2. The van der Waals surface area contributed by atoms with Gasteiger partial charge >= 0.3 is 12.0 Å². The molecule has 0 bridgehead atoms. The molecule has 0 saturated heterocycles. The second-order valence-electron chi connectivity index (χ2n) is 7.72. The van der Waals surface area contributed by atoms with Gasteiger partial charge in [-0.3, -0.25) is 4.79 Å². The maximum absolute atomic E-state index is 12.6. The fourth-order valence-electron chi connectivity index (χ4n) is 2.35. The molecule has 1 aromatic rings. The lowest BCUT2D eigenvalue weighted by atomic mass is 9.86.